The monoisotopic (exact) mass is 376 g/mol. The van der Waals surface area contributed by atoms with Crippen LogP contribution in [0.5, 0.6) is 0 Å². The van der Waals surface area contributed by atoms with E-state index in [1.54, 1.807) is 6.07 Å². The number of nitrogens with one attached hydrogen (secondary N) is 2. The first-order valence-electron chi connectivity index (χ1n) is 7.00. The second-order valence-electron chi connectivity index (χ2n) is 6.44. The number of hydrogen-bond donors (Lipinski definition) is 2. The zero-order valence-electron chi connectivity index (χ0n) is 13.4. The van der Waals surface area contributed by atoms with Crippen LogP contribution in [-0.4, -0.2) is 22.0 Å². The molecule has 21 heavy (non-hydrogen) atoms. The van der Waals surface area contributed by atoms with Crippen molar-refractivity contribution in [1.29, 1.82) is 0 Å². The number of sulfonamides is 1. The highest BCUT2D eigenvalue weighted by Gasteiger charge is 2.20. The molecular formula is C15H25BrN2O2S. The molecule has 0 aromatic heterocycles. The van der Waals surface area contributed by atoms with Crippen LogP contribution >= 0.6 is 15.9 Å². The Hall–Kier alpha value is -0.430. The van der Waals surface area contributed by atoms with Crippen molar-refractivity contribution >= 4 is 26.0 Å². The topological polar surface area (TPSA) is 58.2 Å². The van der Waals surface area contributed by atoms with Gasteiger partial charge in [-0.3, -0.25) is 0 Å². The quantitative estimate of drug-likeness (QED) is 0.801. The van der Waals surface area contributed by atoms with Gasteiger partial charge in [0.15, 0.2) is 0 Å². The summed E-state index contributed by atoms with van der Waals surface area (Å²) in [4.78, 5) is 0.344. The smallest absolute Gasteiger partial charge is 0.240 e. The average Bonchev–Trinajstić information content (AvgIpc) is 2.31. The van der Waals surface area contributed by atoms with Crippen LogP contribution in [0.3, 0.4) is 0 Å². The molecule has 0 radical (unpaired) electrons. The molecule has 0 bridgehead atoms. The van der Waals surface area contributed by atoms with Crippen LogP contribution in [0.1, 0.15) is 38.3 Å². The SMILES string of the molecule is CNCc1cc(Br)c(C)c(S(=O)(=O)NCCC(C)(C)C)c1. The van der Waals surface area contributed by atoms with Crippen LogP contribution in [0.4, 0.5) is 0 Å². The Kier molecular flexibility index (Phi) is 6.40. The lowest BCUT2D eigenvalue weighted by atomic mass is 9.93. The first kappa shape index (κ1) is 18.6. The molecule has 0 saturated heterocycles. The molecule has 0 atom stereocenters. The van der Waals surface area contributed by atoms with Crippen molar-refractivity contribution in [3.8, 4) is 0 Å². The summed E-state index contributed by atoms with van der Waals surface area (Å²) in [6.45, 7) is 9.16. The second kappa shape index (κ2) is 7.22. The maximum Gasteiger partial charge on any atom is 0.240 e. The lowest BCUT2D eigenvalue weighted by Crippen LogP contribution is -2.28. The molecular weight excluding hydrogens is 352 g/mol. The first-order valence-corrected chi connectivity index (χ1v) is 9.28. The molecule has 0 heterocycles. The van der Waals surface area contributed by atoms with E-state index in [0.717, 1.165) is 22.0 Å². The van der Waals surface area contributed by atoms with Crippen molar-refractivity contribution in [3.63, 3.8) is 0 Å². The molecule has 0 aliphatic heterocycles. The van der Waals surface area contributed by atoms with E-state index in [1.807, 2.05) is 20.0 Å². The molecule has 1 aromatic rings. The van der Waals surface area contributed by atoms with Gasteiger partial charge in [-0.1, -0.05) is 36.7 Å². The maximum atomic E-state index is 12.5. The molecule has 0 amide bonds. The van der Waals surface area contributed by atoms with Crippen molar-refractivity contribution in [1.82, 2.24) is 10.0 Å². The van der Waals surface area contributed by atoms with Crippen LogP contribution in [0, 0.1) is 12.3 Å². The van der Waals surface area contributed by atoms with E-state index in [-0.39, 0.29) is 5.41 Å². The molecule has 4 nitrogen and oxygen atoms in total. The molecule has 0 unspecified atom stereocenters. The Morgan fingerprint density at radius 1 is 1.24 bits per heavy atom. The van der Waals surface area contributed by atoms with Gasteiger partial charge in [-0.05, 0) is 49.1 Å². The summed E-state index contributed by atoms with van der Waals surface area (Å²) >= 11 is 3.44. The van der Waals surface area contributed by atoms with Gasteiger partial charge in [0.25, 0.3) is 0 Å². The highest BCUT2D eigenvalue weighted by atomic mass is 79.9. The lowest BCUT2D eigenvalue weighted by molar-refractivity contribution is 0.378. The molecule has 0 saturated carbocycles. The van der Waals surface area contributed by atoms with Gasteiger partial charge < -0.3 is 5.32 Å². The molecule has 120 valence electrons. The number of hydrogen-bond acceptors (Lipinski definition) is 3. The summed E-state index contributed by atoms with van der Waals surface area (Å²) in [5.74, 6) is 0. The summed E-state index contributed by atoms with van der Waals surface area (Å²) in [5.41, 5.74) is 1.77. The maximum absolute atomic E-state index is 12.5. The molecule has 2 N–H and O–H groups in total. The Balaban J connectivity index is 3.02. The van der Waals surface area contributed by atoms with E-state index in [1.165, 1.54) is 0 Å². The minimum Gasteiger partial charge on any atom is -0.316 e. The Morgan fingerprint density at radius 3 is 2.38 bits per heavy atom. The van der Waals surface area contributed by atoms with E-state index < -0.39 is 10.0 Å². The molecule has 6 heteroatoms. The molecule has 0 aliphatic carbocycles. The minimum absolute atomic E-state index is 0.103. The fraction of sp³-hybridized carbons (Fsp3) is 0.600. The van der Waals surface area contributed by atoms with E-state index in [9.17, 15) is 8.42 Å². The summed E-state index contributed by atoms with van der Waals surface area (Å²) in [7, 11) is -1.65. The predicted octanol–water partition coefficient (Wildman–Crippen LogP) is 3.19. The third kappa shape index (κ3) is 5.70. The highest BCUT2D eigenvalue weighted by Crippen LogP contribution is 2.26. The molecule has 0 spiro atoms. The number of rotatable bonds is 6. The standard InChI is InChI=1S/C15H25BrN2O2S/c1-11-13(16)8-12(10-17-5)9-14(11)21(19,20)18-7-6-15(2,3)4/h8-9,17-18H,6-7,10H2,1-5H3. The van der Waals surface area contributed by atoms with Gasteiger partial charge in [-0.2, -0.15) is 0 Å². The highest BCUT2D eigenvalue weighted by molar-refractivity contribution is 9.10. The van der Waals surface area contributed by atoms with Gasteiger partial charge in [-0.25, -0.2) is 13.1 Å². The van der Waals surface area contributed by atoms with E-state index >= 15 is 0 Å². The zero-order valence-corrected chi connectivity index (χ0v) is 15.8. The normalized spacial score (nSPS) is 12.7. The van der Waals surface area contributed by atoms with Crippen molar-refractivity contribution in [2.24, 2.45) is 5.41 Å². The van der Waals surface area contributed by atoms with E-state index in [4.69, 9.17) is 0 Å². The van der Waals surface area contributed by atoms with Crippen molar-refractivity contribution in [2.45, 2.75) is 45.6 Å². The number of benzene rings is 1. The lowest BCUT2D eigenvalue weighted by Gasteiger charge is -2.19. The third-order valence-electron chi connectivity index (χ3n) is 3.19. The fourth-order valence-electron chi connectivity index (χ4n) is 1.93. The van der Waals surface area contributed by atoms with Crippen LogP contribution < -0.4 is 10.0 Å². The van der Waals surface area contributed by atoms with Gasteiger partial charge in [0.05, 0.1) is 4.90 Å². The van der Waals surface area contributed by atoms with Crippen molar-refractivity contribution < 1.29 is 8.42 Å². The zero-order chi connectivity index (χ0) is 16.3. The molecule has 1 aromatic carbocycles. The van der Waals surface area contributed by atoms with E-state index in [0.29, 0.717) is 18.0 Å². The van der Waals surface area contributed by atoms with Gasteiger partial charge in [-0.15, -0.1) is 0 Å². The van der Waals surface area contributed by atoms with E-state index in [2.05, 4.69) is 46.7 Å². The van der Waals surface area contributed by atoms with Gasteiger partial charge >= 0.3 is 0 Å². The Labute approximate surface area is 136 Å². The van der Waals surface area contributed by atoms with Crippen LogP contribution in [-0.2, 0) is 16.6 Å². The summed E-state index contributed by atoms with van der Waals surface area (Å²) < 4.78 is 28.5. The fourth-order valence-corrected chi connectivity index (χ4v) is 3.92. The largest absolute Gasteiger partial charge is 0.316 e. The number of halogens is 1. The molecule has 0 fully saturated rings. The van der Waals surface area contributed by atoms with Crippen LogP contribution in [0.25, 0.3) is 0 Å². The van der Waals surface area contributed by atoms with Gasteiger partial charge in [0, 0.05) is 17.6 Å². The Morgan fingerprint density at radius 2 is 1.86 bits per heavy atom. The minimum atomic E-state index is -3.48. The Bertz CT molecular complexity index is 592. The predicted molar refractivity (Wildman–Crippen MR) is 90.9 cm³/mol. The summed E-state index contributed by atoms with van der Waals surface area (Å²) in [6, 6.07) is 3.68. The van der Waals surface area contributed by atoms with Gasteiger partial charge in [0.1, 0.15) is 0 Å². The summed E-state index contributed by atoms with van der Waals surface area (Å²) in [6.07, 6.45) is 0.794. The third-order valence-corrected chi connectivity index (χ3v) is 5.60. The van der Waals surface area contributed by atoms with Crippen molar-refractivity contribution in [3.05, 3.63) is 27.7 Å². The van der Waals surface area contributed by atoms with Crippen LogP contribution in [0.2, 0.25) is 0 Å². The molecule has 1 rings (SSSR count). The van der Waals surface area contributed by atoms with Gasteiger partial charge in [0.2, 0.25) is 10.0 Å². The van der Waals surface area contributed by atoms with Crippen LogP contribution in [0.15, 0.2) is 21.5 Å². The first-order chi connectivity index (χ1) is 9.57. The average molecular weight is 377 g/mol. The second-order valence-corrected chi connectivity index (χ2v) is 9.03. The van der Waals surface area contributed by atoms with Crippen molar-refractivity contribution in [2.75, 3.05) is 13.6 Å². The summed E-state index contributed by atoms with van der Waals surface area (Å²) in [5, 5.41) is 3.04. The molecule has 0 aliphatic rings.